The molecule has 8 aromatic carbocycles. The van der Waals surface area contributed by atoms with E-state index in [0.29, 0.717) is 0 Å². The Balaban J connectivity index is 1.06. The van der Waals surface area contributed by atoms with Crippen molar-refractivity contribution in [3.05, 3.63) is 224 Å². The molecule has 4 nitrogen and oxygen atoms in total. The van der Waals surface area contributed by atoms with Crippen molar-refractivity contribution in [3.63, 3.8) is 0 Å². The SMILES string of the molecule is C1=CC2c3ccccc3N(c3cc(-c4ccc5nc(-c6ccccc6)c6c7ccc(-c8ccccc8)nc7ccc6c5c4)cc(-n4c5ccccc5c5ccccc54)c3)C2C=C1. The number of benzene rings is 8. The highest BCUT2D eigenvalue weighted by atomic mass is 15.2. The van der Waals surface area contributed by atoms with Crippen LogP contribution in [0.25, 0.3) is 93.7 Å². The molecule has 0 amide bonds. The summed E-state index contributed by atoms with van der Waals surface area (Å²) in [4.78, 5) is 13.2. The number of aromatic nitrogens is 3. The maximum absolute atomic E-state index is 5.46. The lowest BCUT2D eigenvalue weighted by Gasteiger charge is -2.30. The Labute approximate surface area is 359 Å². The van der Waals surface area contributed by atoms with E-state index in [1.165, 1.54) is 33.1 Å². The van der Waals surface area contributed by atoms with Crippen LogP contribution in [-0.2, 0) is 0 Å². The highest BCUT2D eigenvalue weighted by Gasteiger charge is 2.37. The zero-order chi connectivity index (χ0) is 40.7. The van der Waals surface area contributed by atoms with Gasteiger partial charge >= 0.3 is 0 Å². The first kappa shape index (κ1) is 34.8. The lowest BCUT2D eigenvalue weighted by molar-refractivity contribution is 0.744. The predicted octanol–water partition coefficient (Wildman–Crippen LogP) is 14.8. The molecule has 4 heteroatoms. The first-order chi connectivity index (χ1) is 30.7. The number of anilines is 2. The highest BCUT2D eigenvalue weighted by molar-refractivity contribution is 6.21. The Morgan fingerprint density at radius 3 is 1.85 bits per heavy atom. The van der Waals surface area contributed by atoms with Crippen molar-refractivity contribution in [2.24, 2.45) is 0 Å². The fourth-order valence-corrected chi connectivity index (χ4v) is 10.3. The Morgan fingerprint density at radius 2 is 1.05 bits per heavy atom. The molecular weight excluding hydrogens is 753 g/mol. The minimum absolute atomic E-state index is 0.170. The average Bonchev–Trinajstić information content (AvgIpc) is 3.87. The van der Waals surface area contributed by atoms with Gasteiger partial charge in [-0.25, -0.2) is 9.97 Å². The van der Waals surface area contributed by atoms with Gasteiger partial charge in [0, 0.05) is 61.0 Å². The van der Waals surface area contributed by atoms with Crippen LogP contribution >= 0.6 is 0 Å². The van der Waals surface area contributed by atoms with Crippen LogP contribution in [0.1, 0.15) is 11.5 Å². The second-order valence-corrected chi connectivity index (χ2v) is 16.5. The van der Waals surface area contributed by atoms with Gasteiger partial charge in [0.2, 0.25) is 0 Å². The van der Waals surface area contributed by atoms with E-state index in [1.54, 1.807) is 0 Å². The van der Waals surface area contributed by atoms with E-state index in [9.17, 15) is 0 Å². The fourth-order valence-electron chi connectivity index (χ4n) is 10.3. The molecule has 0 fully saturated rings. The zero-order valence-corrected chi connectivity index (χ0v) is 33.7. The van der Waals surface area contributed by atoms with Crippen molar-refractivity contribution < 1.29 is 0 Å². The van der Waals surface area contributed by atoms with Crippen LogP contribution in [0.15, 0.2) is 218 Å². The number of rotatable bonds is 5. The number of hydrogen-bond acceptors (Lipinski definition) is 3. The van der Waals surface area contributed by atoms with Crippen molar-refractivity contribution in [3.8, 4) is 39.3 Å². The average molecular weight is 791 g/mol. The maximum Gasteiger partial charge on any atom is 0.0794 e. The molecule has 62 heavy (non-hydrogen) atoms. The summed E-state index contributed by atoms with van der Waals surface area (Å²) < 4.78 is 2.45. The third kappa shape index (κ3) is 5.33. The molecule has 0 spiro atoms. The molecule has 0 radical (unpaired) electrons. The van der Waals surface area contributed by atoms with Crippen molar-refractivity contribution in [2.75, 3.05) is 4.90 Å². The van der Waals surface area contributed by atoms with E-state index in [2.05, 4.69) is 222 Å². The molecule has 2 aliphatic rings. The second-order valence-electron chi connectivity index (χ2n) is 16.5. The van der Waals surface area contributed by atoms with Gasteiger partial charge in [0.05, 0.1) is 39.5 Å². The number of para-hydroxylation sites is 3. The molecule has 2 unspecified atom stereocenters. The topological polar surface area (TPSA) is 34.0 Å². The lowest BCUT2D eigenvalue weighted by atomic mass is 9.91. The number of allylic oxidation sites excluding steroid dienone is 2. The van der Waals surface area contributed by atoms with Crippen LogP contribution in [0.2, 0.25) is 0 Å². The van der Waals surface area contributed by atoms with Gasteiger partial charge in [0.1, 0.15) is 0 Å². The van der Waals surface area contributed by atoms with Crippen LogP contribution < -0.4 is 4.90 Å². The van der Waals surface area contributed by atoms with Crippen LogP contribution in [0.4, 0.5) is 11.4 Å². The summed E-state index contributed by atoms with van der Waals surface area (Å²) in [7, 11) is 0. The number of fused-ring (bicyclic) bond motifs is 11. The van der Waals surface area contributed by atoms with Gasteiger partial charge in [-0.15, -0.1) is 0 Å². The summed E-state index contributed by atoms with van der Waals surface area (Å²) in [5.41, 5.74) is 15.6. The maximum atomic E-state index is 5.46. The van der Waals surface area contributed by atoms with Crippen molar-refractivity contribution in [1.82, 2.24) is 14.5 Å². The van der Waals surface area contributed by atoms with Gasteiger partial charge < -0.3 is 9.47 Å². The van der Waals surface area contributed by atoms with Crippen molar-refractivity contribution in [2.45, 2.75) is 12.0 Å². The van der Waals surface area contributed by atoms with Gasteiger partial charge in [0.15, 0.2) is 0 Å². The van der Waals surface area contributed by atoms with E-state index >= 15 is 0 Å². The quantitative estimate of drug-likeness (QED) is 0.163. The summed E-state index contributed by atoms with van der Waals surface area (Å²) in [6.45, 7) is 0. The molecule has 3 aromatic heterocycles. The summed E-state index contributed by atoms with van der Waals surface area (Å²) >= 11 is 0. The van der Waals surface area contributed by atoms with Crippen LogP contribution in [0.5, 0.6) is 0 Å². The van der Waals surface area contributed by atoms with E-state index in [-0.39, 0.29) is 12.0 Å². The summed E-state index contributed by atoms with van der Waals surface area (Å²) in [6.07, 6.45) is 9.11. The van der Waals surface area contributed by atoms with E-state index in [0.717, 1.165) is 77.6 Å². The van der Waals surface area contributed by atoms with Gasteiger partial charge in [-0.05, 0) is 88.8 Å². The van der Waals surface area contributed by atoms with Gasteiger partial charge in [0.25, 0.3) is 0 Å². The van der Waals surface area contributed by atoms with Gasteiger partial charge in [-0.3, -0.25) is 0 Å². The number of pyridine rings is 2. The van der Waals surface area contributed by atoms with E-state index in [4.69, 9.17) is 9.97 Å². The van der Waals surface area contributed by atoms with Crippen molar-refractivity contribution >= 4 is 65.8 Å². The van der Waals surface area contributed by atoms with Gasteiger partial charge in [-0.1, -0.05) is 152 Å². The molecule has 11 aromatic rings. The van der Waals surface area contributed by atoms with Crippen molar-refractivity contribution in [1.29, 1.82) is 0 Å². The zero-order valence-electron chi connectivity index (χ0n) is 33.7. The molecule has 1 aliphatic carbocycles. The Kier molecular flexibility index (Phi) is 7.70. The second kappa shape index (κ2) is 13.7. The van der Waals surface area contributed by atoms with Crippen LogP contribution in [0, 0.1) is 0 Å². The van der Waals surface area contributed by atoms with E-state index < -0.39 is 0 Å². The molecule has 0 bridgehead atoms. The first-order valence-corrected chi connectivity index (χ1v) is 21.4. The largest absolute Gasteiger partial charge is 0.333 e. The summed E-state index contributed by atoms with van der Waals surface area (Å²) in [5, 5.41) is 6.97. The predicted molar refractivity (Wildman–Crippen MR) is 259 cm³/mol. The van der Waals surface area contributed by atoms with Gasteiger partial charge in [-0.2, -0.15) is 0 Å². The molecule has 0 saturated carbocycles. The smallest absolute Gasteiger partial charge is 0.0794 e. The first-order valence-electron chi connectivity index (χ1n) is 21.4. The third-order valence-electron chi connectivity index (χ3n) is 13.1. The summed E-state index contributed by atoms with van der Waals surface area (Å²) in [5.74, 6) is 0.279. The van der Waals surface area contributed by atoms with E-state index in [1.807, 2.05) is 6.07 Å². The van der Waals surface area contributed by atoms with Crippen LogP contribution in [-0.4, -0.2) is 20.6 Å². The Bertz CT molecular complexity index is 3600. The molecule has 4 heterocycles. The minimum Gasteiger partial charge on any atom is -0.333 e. The molecular formula is C58H38N4. The fraction of sp³-hybridized carbons (Fsp3) is 0.0345. The normalized spacial score (nSPS) is 15.6. The number of hydrogen-bond donors (Lipinski definition) is 0. The molecule has 290 valence electrons. The summed E-state index contributed by atoms with van der Waals surface area (Å²) in [6, 6.07) is 70.4. The number of nitrogens with zero attached hydrogens (tertiary/aromatic N) is 4. The lowest BCUT2D eigenvalue weighted by Crippen LogP contribution is -2.28. The molecule has 0 saturated heterocycles. The molecule has 13 rings (SSSR count). The minimum atomic E-state index is 0.170. The standard InChI is InChI=1S/C58H38N4/c1-3-15-37(16-4-1)50-31-29-48-51(59-50)32-28-47-49-35-39(27-30-52(49)60-58(57(47)48)38-17-5-2-6-18-38)40-33-41(61-53-23-11-7-19-43(53)44-20-8-12-24-54(44)61)36-42(34-40)62-55-25-13-9-21-45(55)46-22-10-14-26-56(46)62/h1-36,43,53H. The van der Waals surface area contributed by atoms with Crippen LogP contribution in [0.3, 0.4) is 0 Å². The third-order valence-corrected chi connectivity index (χ3v) is 13.1. The molecule has 0 N–H and O–H groups in total. The molecule has 2 atom stereocenters. The highest BCUT2D eigenvalue weighted by Crippen LogP contribution is 2.49. The molecule has 1 aliphatic heterocycles. The Hall–Kier alpha value is -8.08. The monoisotopic (exact) mass is 790 g/mol. The Morgan fingerprint density at radius 1 is 0.403 bits per heavy atom.